The van der Waals surface area contributed by atoms with Gasteiger partial charge in [-0.2, -0.15) is 0 Å². The molecule has 0 aliphatic heterocycles. The van der Waals surface area contributed by atoms with Gasteiger partial charge in [0.1, 0.15) is 0 Å². The Balaban J connectivity index is 2.52. The Kier molecular flexibility index (Phi) is 4.72. The first-order valence-electron chi connectivity index (χ1n) is 5.21. The van der Waals surface area contributed by atoms with Gasteiger partial charge >= 0.3 is 0 Å². The highest BCUT2D eigenvalue weighted by Crippen LogP contribution is 1.94. The number of nitrogens with one attached hydrogen (secondary N) is 2. The fourth-order valence-corrected chi connectivity index (χ4v) is 1.20. The van der Waals surface area contributed by atoms with Crippen LogP contribution in [0.5, 0.6) is 0 Å². The number of rotatable bonds is 5. The summed E-state index contributed by atoms with van der Waals surface area (Å²) in [6.45, 7) is 4.86. The number of carbonyl (C=O) groups is 1. The molecule has 16 heavy (non-hydrogen) atoms. The standard InChI is InChI=1S/C11H16N2O3/c1-3-16-7-8(2)13-11(15)9-4-5-10(14)12-6-9/h4-6,8H,3,7H2,1-2H3,(H,12,14)(H,13,15). The monoisotopic (exact) mass is 224 g/mol. The highest BCUT2D eigenvalue weighted by Gasteiger charge is 2.09. The van der Waals surface area contributed by atoms with Crippen LogP contribution in [0.4, 0.5) is 0 Å². The summed E-state index contributed by atoms with van der Waals surface area (Å²) < 4.78 is 5.18. The van der Waals surface area contributed by atoms with Gasteiger partial charge in [0.2, 0.25) is 5.56 Å². The number of aromatic nitrogens is 1. The van der Waals surface area contributed by atoms with Crippen molar-refractivity contribution in [1.29, 1.82) is 0 Å². The van der Waals surface area contributed by atoms with Gasteiger partial charge in [-0.25, -0.2) is 0 Å². The summed E-state index contributed by atoms with van der Waals surface area (Å²) in [5.41, 5.74) is 0.210. The first-order valence-corrected chi connectivity index (χ1v) is 5.21. The fraction of sp³-hybridized carbons (Fsp3) is 0.455. The average molecular weight is 224 g/mol. The summed E-state index contributed by atoms with van der Waals surface area (Å²) in [5.74, 6) is -0.219. The molecule has 0 aliphatic carbocycles. The molecule has 0 bridgehead atoms. The zero-order valence-corrected chi connectivity index (χ0v) is 9.45. The van der Waals surface area contributed by atoms with Crippen LogP contribution >= 0.6 is 0 Å². The molecule has 1 unspecified atom stereocenters. The lowest BCUT2D eigenvalue weighted by molar-refractivity contribution is 0.0871. The fourth-order valence-electron chi connectivity index (χ4n) is 1.20. The molecule has 0 saturated carbocycles. The van der Waals surface area contributed by atoms with Crippen molar-refractivity contribution in [3.8, 4) is 0 Å². The highest BCUT2D eigenvalue weighted by molar-refractivity contribution is 5.93. The lowest BCUT2D eigenvalue weighted by atomic mass is 10.2. The Hall–Kier alpha value is -1.62. The average Bonchev–Trinajstić information content (AvgIpc) is 2.27. The minimum absolute atomic E-state index is 0.0561. The molecule has 0 aliphatic rings. The predicted molar refractivity (Wildman–Crippen MR) is 60.5 cm³/mol. The summed E-state index contributed by atoms with van der Waals surface area (Å²) in [4.78, 5) is 24.9. The normalized spacial score (nSPS) is 12.1. The molecule has 5 heteroatoms. The molecule has 1 aromatic heterocycles. The second-order valence-corrected chi connectivity index (χ2v) is 3.48. The van der Waals surface area contributed by atoms with Gasteiger partial charge in [0.05, 0.1) is 12.2 Å². The molecule has 1 amide bonds. The van der Waals surface area contributed by atoms with Gasteiger partial charge in [0, 0.05) is 24.9 Å². The largest absolute Gasteiger partial charge is 0.380 e. The molecular formula is C11H16N2O3. The first-order chi connectivity index (χ1) is 7.63. The lowest BCUT2D eigenvalue weighted by Crippen LogP contribution is -2.36. The van der Waals surface area contributed by atoms with Crippen molar-refractivity contribution in [3.05, 3.63) is 34.2 Å². The van der Waals surface area contributed by atoms with Crippen molar-refractivity contribution in [1.82, 2.24) is 10.3 Å². The number of amides is 1. The summed E-state index contributed by atoms with van der Waals surface area (Å²) >= 11 is 0. The van der Waals surface area contributed by atoms with Gasteiger partial charge in [0.15, 0.2) is 0 Å². The molecule has 1 atom stereocenters. The third kappa shape index (κ3) is 3.86. The van der Waals surface area contributed by atoms with Gasteiger partial charge < -0.3 is 15.0 Å². The van der Waals surface area contributed by atoms with E-state index in [1.807, 2.05) is 13.8 Å². The minimum atomic E-state index is -0.223. The van der Waals surface area contributed by atoms with Gasteiger partial charge in [-0.1, -0.05) is 0 Å². The number of carbonyl (C=O) groups excluding carboxylic acids is 1. The van der Waals surface area contributed by atoms with E-state index in [1.54, 1.807) is 0 Å². The Morgan fingerprint density at radius 1 is 1.56 bits per heavy atom. The van der Waals surface area contributed by atoms with Crippen LogP contribution in [0.2, 0.25) is 0 Å². The number of hydrogen-bond donors (Lipinski definition) is 2. The van der Waals surface area contributed by atoms with Crippen LogP contribution in [0.1, 0.15) is 24.2 Å². The van der Waals surface area contributed by atoms with Crippen molar-refractivity contribution in [2.45, 2.75) is 19.9 Å². The summed E-state index contributed by atoms with van der Waals surface area (Å²) in [6, 6.07) is 2.75. The zero-order valence-electron chi connectivity index (χ0n) is 9.45. The molecule has 2 N–H and O–H groups in total. The molecule has 0 fully saturated rings. The van der Waals surface area contributed by atoms with Crippen LogP contribution in [0.25, 0.3) is 0 Å². The SMILES string of the molecule is CCOCC(C)NC(=O)c1ccc(=O)[nH]c1. The maximum Gasteiger partial charge on any atom is 0.253 e. The molecule has 0 saturated heterocycles. The van der Waals surface area contributed by atoms with E-state index in [0.717, 1.165) is 0 Å². The number of hydrogen-bond acceptors (Lipinski definition) is 3. The summed E-state index contributed by atoms with van der Waals surface area (Å²) in [7, 11) is 0. The molecule has 1 rings (SSSR count). The van der Waals surface area contributed by atoms with E-state index in [2.05, 4.69) is 10.3 Å². The maximum absolute atomic E-state index is 11.6. The van der Waals surface area contributed by atoms with Crippen LogP contribution in [0.15, 0.2) is 23.1 Å². The van der Waals surface area contributed by atoms with Crippen molar-refractivity contribution in [3.63, 3.8) is 0 Å². The molecule has 1 aromatic rings. The second-order valence-electron chi connectivity index (χ2n) is 3.48. The van der Waals surface area contributed by atoms with Gasteiger partial charge in [-0.3, -0.25) is 9.59 Å². The van der Waals surface area contributed by atoms with E-state index in [9.17, 15) is 9.59 Å². The molecule has 88 valence electrons. The van der Waals surface area contributed by atoms with Crippen molar-refractivity contribution in [2.24, 2.45) is 0 Å². The topological polar surface area (TPSA) is 71.2 Å². The van der Waals surface area contributed by atoms with Crippen LogP contribution < -0.4 is 10.9 Å². The van der Waals surface area contributed by atoms with E-state index < -0.39 is 0 Å². The first kappa shape index (κ1) is 12.4. The van der Waals surface area contributed by atoms with E-state index in [4.69, 9.17) is 4.74 Å². The number of H-pyrrole nitrogens is 1. The van der Waals surface area contributed by atoms with E-state index in [-0.39, 0.29) is 17.5 Å². The van der Waals surface area contributed by atoms with Gasteiger partial charge in [-0.15, -0.1) is 0 Å². The summed E-state index contributed by atoms with van der Waals surface area (Å²) in [5, 5.41) is 2.76. The maximum atomic E-state index is 11.6. The molecule has 0 aromatic carbocycles. The number of aromatic amines is 1. The van der Waals surface area contributed by atoms with Crippen molar-refractivity contribution in [2.75, 3.05) is 13.2 Å². The molecule has 5 nitrogen and oxygen atoms in total. The smallest absolute Gasteiger partial charge is 0.253 e. The van der Waals surface area contributed by atoms with Crippen LogP contribution in [-0.4, -0.2) is 30.1 Å². The van der Waals surface area contributed by atoms with E-state index in [1.165, 1.54) is 18.3 Å². The van der Waals surface area contributed by atoms with Crippen LogP contribution in [-0.2, 0) is 4.74 Å². The number of pyridine rings is 1. The van der Waals surface area contributed by atoms with Gasteiger partial charge in [-0.05, 0) is 19.9 Å². The quantitative estimate of drug-likeness (QED) is 0.766. The Morgan fingerprint density at radius 3 is 2.88 bits per heavy atom. The second kappa shape index (κ2) is 6.07. The van der Waals surface area contributed by atoms with Crippen LogP contribution in [0, 0.1) is 0 Å². The molecule has 0 spiro atoms. The third-order valence-corrected chi connectivity index (χ3v) is 2.00. The molecule has 0 radical (unpaired) electrons. The third-order valence-electron chi connectivity index (χ3n) is 2.00. The van der Waals surface area contributed by atoms with Gasteiger partial charge in [0.25, 0.3) is 5.91 Å². The minimum Gasteiger partial charge on any atom is -0.380 e. The predicted octanol–water partition coefficient (Wildman–Crippen LogP) is 0.530. The Morgan fingerprint density at radius 2 is 2.31 bits per heavy atom. The van der Waals surface area contributed by atoms with E-state index >= 15 is 0 Å². The van der Waals surface area contributed by atoms with Crippen LogP contribution in [0.3, 0.4) is 0 Å². The zero-order chi connectivity index (χ0) is 12.0. The molecular weight excluding hydrogens is 208 g/mol. The molecule has 1 heterocycles. The van der Waals surface area contributed by atoms with Crippen molar-refractivity contribution >= 4 is 5.91 Å². The Bertz CT molecular complexity index is 380. The Labute approximate surface area is 93.8 Å². The number of ether oxygens (including phenoxy) is 1. The van der Waals surface area contributed by atoms with Crippen molar-refractivity contribution < 1.29 is 9.53 Å². The summed E-state index contributed by atoms with van der Waals surface area (Å²) in [6.07, 6.45) is 1.39. The highest BCUT2D eigenvalue weighted by atomic mass is 16.5. The van der Waals surface area contributed by atoms with E-state index in [0.29, 0.717) is 18.8 Å². The lowest BCUT2D eigenvalue weighted by Gasteiger charge is -2.13.